The molecule has 8 aromatic rings. The van der Waals surface area contributed by atoms with Crippen molar-refractivity contribution in [2.45, 2.75) is 44.4 Å². The molecule has 0 unspecified atom stereocenters. The van der Waals surface area contributed by atoms with E-state index in [4.69, 9.17) is 0 Å². The maximum Gasteiger partial charge on any atom is 0.0640 e. The molecule has 2 heteroatoms. The molecule has 13 rings (SSSR count). The van der Waals surface area contributed by atoms with E-state index in [0.29, 0.717) is 0 Å². The molecule has 1 heterocycles. The fourth-order valence-corrected chi connectivity index (χ4v) is 13.5. The van der Waals surface area contributed by atoms with Crippen LogP contribution in [0.3, 0.4) is 0 Å². The second-order valence-electron chi connectivity index (χ2n) is 16.9. The predicted molar refractivity (Wildman–Crippen MR) is 233 cm³/mol. The zero-order valence-corrected chi connectivity index (χ0v) is 32.0. The van der Waals surface area contributed by atoms with Gasteiger partial charge in [-0.3, -0.25) is 0 Å². The Morgan fingerprint density at radius 3 is 1.91 bits per heavy atom. The lowest BCUT2D eigenvalue weighted by atomic mass is 9.42. The van der Waals surface area contributed by atoms with E-state index >= 15 is 0 Å². The topological polar surface area (TPSA) is 3.24 Å². The van der Waals surface area contributed by atoms with E-state index < -0.39 is 0 Å². The van der Waals surface area contributed by atoms with Crippen molar-refractivity contribution in [2.75, 3.05) is 4.90 Å². The molecule has 5 aliphatic rings. The Bertz CT molecular complexity index is 2760. The highest BCUT2D eigenvalue weighted by Gasteiger charge is 2.62. The van der Waals surface area contributed by atoms with Gasteiger partial charge in [-0.1, -0.05) is 121 Å². The highest BCUT2D eigenvalue weighted by Crippen LogP contribution is 2.70. The minimum atomic E-state index is 0.129. The molecular weight excluding hydrogens is 683 g/mol. The maximum atomic E-state index is 2.51. The van der Waals surface area contributed by atoms with Crippen molar-refractivity contribution in [3.05, 3.63) is 174 Å². The quantitative estimate of drug-likeness (QED) is 0.171. The molecule has 5 aliphatic carbocycles. The first-order chi connectivity index (χ1) is 27.1. The molecule has 0 aliphatic heterocycles. The van der Waals surface area contributed by atoms with Crippen LogP contribution in [0.15, 0.2) is 158 Å². The summed E-state index contributed by atoms with van der Waals surface area (Å²) in [6, 6.07) is 59.6. The zero-order chi connectivity index (χ0) is 36.3. The third-order valence-corrected chi connectivity index (χ3v) is 15.4. The monoisotopic (exact) mass is 725 g/mol. The van der Waals surface area contributed by atoms with Gasteiger partial charge in [0, 0.05) is 32.3 Å². The molecule has 1 nitrogen and oxygen atoms in total. The summed E-state index contributed by atoms with van der Waals surface area (Å²) in [5.41, 5.74) is 16.6. The summed E-state index contributed by atoms with van der Waals surface area (Å²) in [4.78, 5) is 2.49. The summed E-state index contributed by atoms with van der Waals surface area (Å²) in [5.74, 6) is 3.33. The number of thiophene rings is 1. The summed E-state index contributed by atoms with van der Waals surface area (Å²) in [5, 5.41) is 2.64. The number of hydrogen-bond acceptors (Lipinski definition) is 2. The molecule has 1 aromatic heterocycles. The Kier molecular flexibility index (Phi) is 6.97. The van der Waals surface area contributed by atoms with Gasteiger partial charge in [0.2, 0.25) is 0 Å². The fraction of sp³-hybridized carbons (Fsp3) is 0.208. The number of anilines is 3. The number of rotatable bonds is 5. The molecule has 4 saturated carbocycles. The Hall–Kier alpha value is -5.44. The van der Waals surface area contributed by atoms with Crippen molar-refractivity contribution >= 4 is 48.6 Å². The van der Waals surface area contributed by atoms with Gasteiger partial charge in [-0.15, -0.1) is 11.3 Å². The minimum absolute atomic E-state index is 0.129. The van der Waals surface area contributed by atoms with Gasteiger partial charge in [0.25, 0.3) is 0 Å². The van der Waals surface area contributed by atoms with Crippen LogP contribution in [0.1, 0.15) is 48.8 Å². The predicted octanol–water partition coefficient (Wildman–Crippen LogP) is 14.9. The van der Waals surface area contributed by atoms with Crippen LogP contribution in [0.2, 0.25) is 0 Å². The van der Waals surface area contributed by atoms with Crippen molar-refractivity contribution in [3.8, 4) is 33.4 Å². The first-order valence-electron chi connectivity index (χ1n) is 20.4. The molecule has 0 N–H and O–H groups in total. The SMILES string of the molecule is Cc1cc(N(c2ccc(-c3ccccc3)cc2)c2cccc3c2sc2ccccc23)ccc1-c1cccc2c1C1(c3ccccc3-2)C2CC3CC(C2)CC1C3. The van der Waals surface area contributed by atoms with E-state index in [1.807, 2.05) is 11.3 Å². The van der Waals surface area contributed by atoms with Crippen LogP contribution in [0.5, 0.6) is 0 Å². The largest absolute Gasteiger partial charge is 0.309 e. The van der Waals surface area contributed by atoms with Gasteiger partial charge in [0.15, 0.2) is 0 Å². The fourth-order valence-electron chi connectivity index (χ4n) is 12.3. The van der Waals surface area contributed by atoms with Crippen LogP contribution in [-0.2, 0) is 5.41 Å². The number of nitrogens with zero attached hydrogens (tertiary/aromatic N) is 1. The Labute approximate surface area is 327 Å². The minimum Gasteiger partial charge on any atom is -0.309 e. The number of benzene rings is 7. The standard InChI is InChI=1S/C53H43NS/c1-33-27-41(54(40-23-21-37(22-24-40)36-11-3-2-4-12-36)49-19-10-17-47-44-14-6-8-20-50(44)55-52(47)49)25-26-42(33)45-15-9-16-46-43-13-5-7-18-48(43)53(51(45)46)38-29-34-28-35(31-38)32-39(53)30-34/h2-27,34-35,38-39H,28-32H2,1H3. The lowest BCUT2D eigenvalue weighted by Crippen LogP contribution is -2.55. The lowest BCUT2D eigenvalue weighted by Gasteiger charge is -2.61. The summed E-state index contributed by atoms with van der Waals surface area (Å²) in [7, 11) is 0. The van der Waals surface area contributed by atoms with Gasteiger partial charge >= 0.3 is 0 Å². The van der Waals surface area contributed by atoms with E-state index in [2.05, 4.69) is 170 Å². The average molecular weight is 726 g/mol. The molecule has 4 fully saturated rings. The van der Waals surface area contributed by atoms with Crippen molar-refractivity contribution in [1.82, 2.24) is 0 Å². The molecule has 0 radical (unpaired) electrons. The van der Waals surface area contributed by atoms with Crippen molar-refractivity contribution in [1.29, 1.82) is 0 Å². The van der Waals surface area contributed by atoms with Gasteiger partial charge in [-0.2, -0.15) is 0 Å². The van der Waals surface area contributed by atoms with Crippen LogP contribution in [-0.4, -0.2) is 0 Å². The van der Waals surface area contributed by atoms with Gasteiger partial charge in [0.1, 0.15) is 0 Å². The lowest BCUT2D eigenvalue weighted by molar-refractivity contribution is -0.0397. The van der Waals surface area contributed by atoms with Crippen LogP contribution < -0.4 is 4.90 Å². The maximum absolute atomic E-state index is 2.51. The highest BCUT2D eigenvalue weighted by molar-refractivity contribution is 7.26. The molecule has 4 bridgehead atoms. The van der Waals surface area contributed by atoms with Crippen molar-refractivity contribution in [3.63, 3.8) is 0 Å². The molecule has 0 saturated heterocycles. The van der Waals surface area contributed by atoms with Gasteiger partial charge < -0.3 is 4.90 Å². The van der Waals surface area contributed by atoms with Crippen molar-refractivity contribution < 1.29 is 0 Å². The second-order valence-corrected chi connectivity index (χ2v) is 18.0. The zero-order valence-electron chi connectivity index (χ0n) is 31.2. The average Bonchev–Trinajstić information content (AvgIpc) is 3.75. The third-order valence-electron chi connectivity index (χ3n) is 14.2. The third kappa shape index (κ3) is 4.58. The second kappa shape index (κ2) is 12.0. The highest BCUT2D eigenvalue weighted by atomic mass is 32.1. The first-order valence-corrected chi connectivity index (χ1v) is 21.2. The summed E-state index contributed by atoms with van der Waals surface area (Å²) in [6.07, 6.45) is 7.06. The summed E-state index contributed by atoms with van der Waals surface area (Å²) in [6.45, 7) is 2.35. The Morgan fingerprint density at radius 2 is 1.13 bits per heavy atom. The van der Waals surface area contributed by atoms with Gasteiger partial charge in [-0.25, -0.2) is 0 Å². The number of aryl methyl sites for hydroxylation is 1. The van der Waals surface area contributed by atoms with E-state index in [-0.39, 0.29) is 5.41 Å². The summed E-state index contributed by atoms with van der Waals surface area (Å²) < 4.78 is 2.65. The van der Waals surface area contributed by atoms with E-state index in [1.165, 1.54) is 108 Å². The van der Waals surface area contributed by atoms with E-state index in [1.54, 1.807) is 11.1 Å². The van der Waals surface area contributed by atoms with Crippen LogP contribution in [0, 0.1) is 30.6 Å². The molecule has 0 amide bonds. The molecule has 266 valence electrons. The molecule has 1 spiro atoms. The smallest absolute Gasteiger partial charge is 0.0640 e. The first kappa shape index (κ1) is 31.9. The number of fused-ring (bicyclic) bond motifs is 6. The molecule has 7 aromatic carbocycles. The molecule has 55 heavy (non-hydrogen) atoms. The van der Waals surface area contributed by atoms with E-state index in [0.717, 1.165) is 23.7 Å². The van der Waals surface area contributed by atoms with Gasteiger partial charge in [-0.05, 0) is 149 Å². The van der Waals surface area contributed by atoms with Crippen LogP contribution in [0.4, 0.5) is 17.1 Å². The van der Waals surface area contributed by atoms with Crippen LogP contribution >= 0.6 is 11.3 Å². The molecule has 0 atom stereocenters. The Morgan fingerprint density at radius 1 is 0.509 bits per heavy atom. The molecular formula is C53H43NS. The number of hydrogen-bond donors (Lipinski definition) is 0. The normalized spacial score (nSPS) is 23.1. The Balaban J connectivity index is 1.03. The summed E-state index contributed by atoms with van der Waals surface area (Å²) >= 11 is 1.90. The van der Waals surface area contributed by atoms with E-state index in [9.17, 15) is 0 Å². The van der Waals surface area contributed by atoms with Gasteiger partial charge in [0.05, 0.1) is 10.4 Å². The van der Waals surface area contributed by atoms with Crippen LogP contribution in [0.25, 0.3) is 53.6 Å². The van der Waals surface area contributed by atoms with Crippen molar-refractivity contribution in [2.24, 2.45) is 23.7 Å².